The zero-order chi connectivity index (χ0) is 28.0. The van der Waals surface area contributed by atoms with Crippen molar-refractivity contribution in [2.24, 2.45) is 5.92 Å². The van der Waals surface area contributed by atoms with Crippen LogP contribution in [-0.4, -0.2) is 105 Å². The SMILES string of the molecule is C/C=C1\[C@H](O[C@@H]2O[C@H](CO)[C@@H](O)[C@H](O)[C@H]2O)OC=C(C(=O)OC)[C@H]1CC(O)OCCc1ccc(O)c(O)c1. The van der Waals surface area contributed by atoms with E-state index in [1.54, 1.807) is 19.1 Å². The Morgan fingerprint density at radius 1 is 1.13 bits per heavy atom. The first kappa shape index (κ1) is 29.8. The predicted molar refractivity (Wildman–Crippen MR) is 127 cm³/mol. The van der Waals surface area contributed by atoms with E-state index in [1.807, 2.05) is 0 Å². The average molecular weight is 543 g/mol. The second kappa shape index (κ2) is 13.4. The van der Waals surface area contributed by atoms with Crippen LogP contribution in [0.5, 0.6) is 11.5 Å². The van der Waals surface area contributed by atoms with E-state index in [4.69, 9.17) is 23.7 Å². The molecule has 0 amide bonds. The lowest BCUT2D eigenvalue weighted by Crippen LogP contribution is -2.60. The molecule has 2 aliphatic rings. The van der Waals surface area contributed by atoms with Gasteiger partial charge in [0.15, 0.2) is 24.1 Å². The van der Waals surface area contributed by atoms with E-state index in [0.29, 0.717) is 17.6 Å². The van der Waals surface area contributed by atoms with Gasteiger partial charge < -0.3 is 59.4 Å². The van der Waals surface area contributed by atoms with Gasteiger partial charge in [-0.3, -0.25) is 0 Å². The number of ether oxygens (including phenoxy) is 5. The lowest BCUT2D eigenvalue weighted by Gasteiger charge is -2.42. The fraction of sp³-hybridized carbons (Fsp3) is 0.560. The van der Waals surface area contributed by atoms with Crippen LogP contribution in [0.1, 0.15) is 18.9 Å². The van der Waals surface area contributed by atoms with Crippen molar-refractivity contribution in [1.82, 2.24) is 0 Å². The van der Waals surface area contributed by atoms with E-state index < -0.39 is 61.8 Å². The van der Waals surface area contributed by atoms with E-state index in [9.17, 15) is 40.5 Å². The highest BCUT2D eigenvalue weighted by Gasteiger charge is 2.46. The van der Waals surface area contributed by atoms with Crippen LogP contribution >= 0.6 is 0 Å². The van der Waals surface area contributed by atoms with Crippen LogP contribution < -0.4 is 0 Å². The third-order valence-corrected chi connectivity index (χ3v) is 6.41. The summed E-state index contributed by atoms with van der Waals surface area (Å²) >= 11 is 0. The van der Waals surface area contributed by atoms with Gasteiger partial charge >= 0.3 is 5.97 Å². The molecule has 212 valence electrons. The van der Waals surface area contributed by atoms with Gasteiger partial charge in [0.2, 0.25) is 6.29 Å². The molecule has 1 fully saturated rings. The standard InChI is InChI=1S/C25H34O13/c1-3-13-14(9-19(29)35-7-6-12-4-5-16(27)17(28)8-12)15(23(33)34-2)11-36-24(13)38-25-22(32)21(31)20(30)18(10-26)37-25/h3-5,8,11,14,18-22,24-32H,6-7,9-10H2,1-2H3/b13-3-/t14-,18+,19?,20+,21-,22+,24-,25-/m0/s1. The van der Waals surface area contributed by atoms with Crippen molar-refractivity contribution in [3.05, 3.63) is 47.2 Å². The number of phenols is 2. The Morgan fingerprint density at radius 2 is 1.87 bits per heavy atom. The number of methoxy groups -OCH3 is 1. The van der Waals surface area contributed by atoms with Gasteiger partial charge in [-0.05, 0) is 31.0 Å². The van der Waals surface area contributed by atoms with E-state index in [-0.39, 0.29) is 30.1 Å². The Bertz CT molecular complexity index is 1010. The molecule has 1 aromatic rings. The van der Waals surface area contributed by atoms with Crippen LogP contribution in [0.3, 0.4) is 0 Å². The molecule has 0 aliphatic carbocycles. The molecule has 2 heterocycles. The predicted octanol–water partition coefficient (Wildman–Crippen LogP) is -0.842. The summed E-state index contributed by atoms with van der Waals surface area (Å²) in [6.45, 7) is 1.05. The van der Waals surface area contributed by atoms with Crippen molar-refractivity contribution in [3.8, 4) is 11.5 Å². The molecular weight excluding hydrogens is 508 g/mol. The zero-order valence-corrected chi connectivity index (χ0v) is 20.9. The summed E-state index contributed by atoms with van der Waals surface area (Å²) in [7, 11) is 1.19. The summed E-state index contributed by atoms with van der Waals surface area (Å²) in [5.74, 6) is -2.05. The summed E-state index contributed by atoms with van der Waals surface area (Å²) in [6, 6.07) is 4.31. The largest absolute Gasteiger partial charge is 0.504 e. The number of aliphatic hydroxyl groups is 5. The van der Waals surface area contributed by atoms with Crippen LogP contribution in [0.15, 0.2) is 41.7 Å². The lowest BCUT2D eigenvalue weighted by molar-refractivity contribution is -0.328. The number of carbonyl (C=O) groups excluding carboxylic acids is 1. The first-order valence-corrected chi connectivity index (χ1v) is 12.0. The third kappa shape index (κ3) is 6.81. The molecule has 3 rings (SSSR count). The van der Waals surface area contributed by atoms with Gasteiger partial charge in [-0.15, -0.1) is 0 Å². The van der Waals surface area contributed by atoms with E-state index in [0.717, 1.165) is 6.26 Å². The lowest BCUT2D eigenvalue weighted by atomic mass is 9.86. The molecule has 0 saturated carbocycles. The fourth-order valence-corrected chi connectivity index (χ4v) is 4.27. The monoisotopic (exact) mass is 542 g/mol. The van der Waals surface area contributed by atoms with Gasteiger partial charge in [-0.25, -0.2) is 4.79 Å². The van der Waals surface area contributed by atoms with Crippen molar-refractivity contribution in [2.45, 2.75) is 63.1 Å². The minimum atomic E-state index is -1.67. The minimum absolute atomic E-state index is 0.0574. The molecule has 13 nitrogen and oxygen atoms in total. The zero-order valence-electron chi connectivity index (χ0n) is 20.9. The molecule has 8 atom stereocenters. The normalized spacial score (nSPS) is 31.4. The molecule has 1 saturated heterocycles. The molecule has 0 spiro atoms. The number of allylic oxidation sites excluding steroid dienone is 1. The maximum Gasteiger partial charge on any atom is 0.337 e. The fourth-order valence-electron chi connectivity index (χ4n) is 4.27. The number of benzene rings is 1. The maximum absolute atomic E-state index is 12.4. The highest BCUT2D eigenvalue weighted by molar-refractivity contribution is 5.89. The van der Waals surface area contributed by atoms with Gasteiger partial charge in [-0.1, -0.05) is 12.1 Å². The molecule has 38 heavy (non-hydrogen) atoms. The van der Waals surface area contributed by atoms with Gasteiger partial charge in [0.25, 0.3) is 0 Å². The Labute approximate surface area is 218 Å². The first-order valence-electron chi connectivity index (χ1n) is 12.0. The minimum Gasteiger partial charge on any atom is -0.504 e. The topological polar surface area (TPSA) is 205 Å². The van der Waals surface area contributed by atoms with Crippen LogP contribution in [0, 0.1) is 5.92 Å². The molecule has 1 unspecified atom stereocenters. The summed E-state index contributed by atoms with van der Waals surface area (Å²) in [5.41, 5.74) is 1.09. The van der Waals surface area contributed by atoms with Gasteiger partial charge in [0.1, 0.15) is 24.4 Å². The number of hydrogen-bond donors (Lipinski definition) is 7. The van der Waals surface area contributed by atoms with E-state index in [2.05, 4.69) is 0 Å². The van der Waals surface area contributed by atoms with Crippen LogP contribution in [-0.2, 0) is 34.9 Å². The van der Waals surface area contributed by atoms with Crippen molar-refractivity contribution in [1.29, 1.82) is 0 Å². The number of carbonyl (C=O) groups is 1. The molecular formula is C25H34O13. The first-order chi connectivity index (χ1) is 18.1. The van der Waals surface area contributed by atoms with Crippen LogP contribution in [0.2, 0.25) is 0 Å². The number of rotatable bonds is 10. The Balaban J connectivity index is 1.70. The number of hydrogen-bond acceptors (Lipinski definition) is 13. The van der Waals surface area contributed by atoms with Gasteiger partial charge in [0.05, 0.1) is 32.2 Å². The average Bonchev–Trinajstić information content (AvgIpc) is 2.90. The number of esters is 1. The van der Waals surface area contributed by atoms with Crippen molar-refractivity contribution >= 4 is 5.97 Å². The second-order valence-electron chi connectivity index (χ2n) is 8.84. The molecule has 7 N–H and O–H groups in total. The van der Waals surface area contributed by atoms with Crippen molar-refractivity contribution < 1.29 is 64.2 Å². The molecule has 1 aromatic carbocycles. The number of phenolic OH excluding ortho intramolecular Hbond substituents is 2. The van der Waals surface area contributed by atoms with E-state index >= 15 is 0 Å². The molecule has 13 heteroatoms. The van der Waals surface area contributed by atoms with Crippen LogP contribution in [0.4, 0.5) is 0 Å². The second-order valence-corrected chi connectivity index (χ2v) is 8.84. The number of aromatic hydroxyl groups is 2. The summed E-state index contributed by atoms with van der Waals surface area (Å²) in [5, 5.41) is 69.4. The maximum atomic E-state index is 12.4. The molecule has 0 radical (unpaired) electrons. The number of aliphatic hydroxyl groups excluding tert-OH is 5. The summed E-state index contributed by atoms with van der Waals surface area (Å²) < 4.78 is 27.0. The highest BCUT2D eigenvalue weighted by atomic mass is 16.8. The molecule has 0 aromatic heterocycles. The summed E-state index contributed by atoms with van der Waals surface area (Å²) in [6.07, 6.45) is -7.28. The van der Waals surface area contributed by atoms with Gasteiger partial charge in [-0.2, -0.15) is 0 Å². The quantitative estimate of drug-likeness (QED) is 0.0834. The van der Waals surface area contributed by atoms with Crippen molar-refractivity contribution in [2.75, 3.05) is 20.3 Å². The molecule has 0 bridgehead atoms. The van der Waals surface area contributed by atoms with Crippen molar-refractivity contribution in [3.63, 3.8) is 0 Å². The summed E-state index contributed by atoms with van der Waals surface area (Å²) in [4.78, 5) is 12.4. The Morgan fingerprint density at radius 3 is 2.50 bits per heavy atom. The van der Waals surface area contributed by atoms with Gasteiger partial charge in [0, 0.05) is 17.9 Å². The smallest absolute Gasteiger partial charge is 0.337 e. The van der Waals surface area contributed by atoms with E-state index in [1.165, 1.54) is 19.2 Å². The Kier molecular flexibility index (Phi) is 10.5. The highest BCUT2D eigenvalue weighted by Crippen LogP contribution is 2.37. The Hall–Kier alpha value is -2.75. The third-order valence-electron chi connectivity index (χ3n) is 6.41. The van der Waals surface area contributed by atoms with Crippen LogP contribution in [0.25, 0.3) is 0 Å². The molecule has 2 aliphatic heterocycles.